The van der Waals surface area contributed by atoms with E-state index in [1.165, 1.54) is 148 Å². The first-order chi connectivity index (χ1) is 28.6. The van der Waals surface area contributed by atoms with Gasteiger partial charge in [-0.2, -0.15) is 0 Å². The summed E-state index contributed by atoms with van der Waals surface area (Å²) in [6.07, 6.45) is 59.7. The van der Waals surface area contributed by atoms with Gasteiger partial charge < -0.3 is 14.2 Å². The van der Waals surface area contributed by atoms with Crippen molar-refractivity contribution >= 4 is 11.9 Å². The Labute approximate surface area is 361 Å². The molecule has 0 N–H and O–H groups in total. The number of ether oxygens (including phenoxy) is 3. The molecule has 1 unspecified atom stereocenters. The van der Waals surface area contributed by atoms with Crippen LogP contribution >= 0.6 is 0 Å². The summed E-state index contributed by atoms with van der Waals surface area (Å²) in [5, 5.41) is 0. The van der Waals surface area contributed by atoms with Gasteiger partial charge in [-0.05, 0) is 77.0 Å². The molecule has 0 aliphatic rings. The maximum atomic E-state index is 12.7. The van der Waals surface area contributed by atoms with Gasteiger partial charge in [0, 0.05) is 19.4 Å². The van der Waals surface area contributed by atoms with Crippen LogP contribution in [0, 0.1) is 0 Å². The van der Waals surface area contributed by atoms with Crippen LogP contribution in [0.5, 0.6) is 0 Å². The molecule has 0 aromatic rings. The summed E-state index contributed by atoms with van der Waals surface area (Å²) in [6, 6.07) is 0. The van der Waals surface area contributed by atoms with E-state index < -0.39 is 6.10 Å². The van der Waals surface area contributed by atoms with Crippen LogP contribution in [-0.2, 0) is 23.8 Å². The molecule has 0 aromatic carbocycles. The normalized spacial score (nSPS) is 12.5. The predicted octanol–water partition coefficient (Wildman–Crippen LogP) is 16.8. The highest BCUT2D eigenvalue weighted by Crippen LogP contribution is 2.14. The maximum absolute atomic E-state index is 12.7. The van der Waals surface area contributed by atoms with E-state index in [1.807, 2.05) is 0 Å². The lowest BCUT2D eigenvalue weighted by molar-refractivity contribution is -0.163. The van der Waals surface area contributed by atoms with Crippen molar-refractivity contribution < 1.29 is 23.8 Å². The average molecular weight is 813 g/mol. The Morgan fingerprint density at radius 1 is 0.397 bits per heavy atom. The zero-order valence-electron chi connectivity index (χ0n) is 38.8. The van der Waals surface area contributed by atoms with Crippen LogP contribution in [-0.4, -0.2) is 37.9 Å². The Morgan fingerprint density at radius 2 is 0.776 bits per heavy atom. The third-order valence-corrected chi connectivity index (χ3v) is 10.8. The standard InChI is InChI=1S/C53H96O5/c1-4-7-10-13-16-19-22-25-26-27-28-30-31-34-37-40-43-46-52(54)57-50-51(49-56-48-45-42-39-36-33-24-21-18-15-12-9-6-3)58-53(55)47-44-41-38-35-32-29-23-20-17-14-11-8-5-2/h8,11,17,20,25-26,29,32,51H,4-7,9-10,12-16,18-19,21-24,27-28,30-31,33-50H2,1-3H3/b11-8-,20-17-,26-25-,32-29-. The molecule has 0 bridgehead atoms. The van der Waals surface area contributed by atoms with Crippen LogP contribution in [0.4, 0.5) is 0 Å². The van der Waals surface area contributed by atoms with Gasteiger partial charge >= 0.3 is 11.9 Å². The second-order valence-corrected chi connectivity index (χ2v) is 16.7. The highest BCUT2D eigenvalue weighted by atomic mass is 16.6. The fraction of sp³-hybridized carbons (Fsp3) is 0.811. The molecule has 338 valence electrons. The Kier molecular flexibility index (Phi) is 47.4. The lowest BCUT2D eigenvalue weighted by Gasteiger charge is -2.18. The van der Waals surface area contributed by atoms with Gasteiger partial charge in [-0.25, -0.2) is 0 Å². The van der Waals surface area contributed by atoms with Gasteiger partial charge in [-0.3, -0.25) is 9.59 Å². The van der Waals surface area contributed by atoms with Crippen LogP contribution in [0.15, 0.2) is 48.6 Å². The zero-order valence-corrected chi connectivity index (χ0v) is 38.8. The molecule has 5 heteroatoms. The minimum atomic E-state index is -0.548. The van der Waals surface area contributed by atoms with E-state index >= 15 is 0 Å². The number of rotatable bonds is 46. The lowest BCUT2D eigenvalue weighted by atomic mass is 10.1. The number of unbranched alkanes of at least 4 members (excludes halogenated alkanes) is 27. The lowest BCUT2D eigenvalue weighted by Crippen LogP contribution is -2.30. The van der Waals surface area contributed by atoms with Gasteiger partial charge in [-0.1, -0.05) is 211 Å². The first-order valence-electron chi connectivity index (χ1n) is 25.2. The van der Waals surface area contributed by atoms with Crippen LogP contribution in [0.1, 0.15) is 252 Å². The summed E-state index contributed by atoms with van der Waals surface area (Å²) in [6.45, 7) is 7.70. The third kappa shape index (κ3) is 46.5. The first-order valence-corrected chi connectivity index (χ1v) is 25.2. The van der Waals surface area contributed by atoms with Gasteiger partial charge in [-0.15, -0.1) is 0 Å². The molecule has 0 aliphatic heterocycles. The quantitative estimate of drug-likeness (QED) is 0.0348. The maximum Gasteiger partial charge on any atom is 0.306 e. The van der Waals surface area contributed by atoms with Gasteiger partial charge in [0.05, 0.1) is 6.61 Å². The van der Waals surface area contributed by atoms with Crippen molar-refractivity contribution in [2.75, 3.05) is 19.8 Å². The molecular weight excluding hydrogens is 717 g/mol. The second kappa shape index (κ2) is 49.2. The van der Waals surface area contributed by atoms with Crippen molar-refractivity contribution in [1.82, 2.24) is 0 Å². The molecule has 5 nitrogen and oxygen atoms in total. The third-order valence-electron chi connectivity index (χ3n) is 10.8. The van der Waals surface area contributed by atoms with E-state index in [9.17, 15) is 9.59 Å². The minimum Gasteiger partial charge on any atom is -0.462 e. The SMILES string of the molecule is CC/C=C\C/C=C\C/C=C\CCCCCC(=O)OC(COCCCCCCCCCCCCCC)COC(=O)CCCCCCCCC/C=C\CCCCCCCC. The number of esters is 2. The molecule has 0 radical (unpaired) electrons. The zero-order chi connectivity index (χ0) is 42.1. The Bertz CT molecular complexity index is 966. The van der Waals surface area contributed by atoms with Crippen molar-refractivity contribution in [3.8, 4) is 0 Å². The van der Waals surface area contributed by atoms with Gasteiger partial charge in [0.1, 0.15) is 6.61 Å². The van der Waals surface area contributed by atoms with E-state index in [0.29, 0.717) is 19.4 Å². The summed E-state index contributed by atoms with van der Waals surface area (Å²) in [5.74, 6) is -0.427. The van der Waals surface area contributed by atoms with Gasteiger partial charge in [0.2, 0.25) is 0 Å². The van der Waals surface area contributed by atoms with Gasteiger partial charge in [0.15, 0.2) is 6.10 Å². The van der Waals surface area contributed by atoms with E-state index in [4.69, 9.17) is 14.2 Å². The van der Waals surface area contributed by atoms with Crippen LogP contribution in [0.2, 0.25) is 0 Å². The number of hydrogen-bond donors (Lipinski definition) is 0. The smallest absolute Gasteiger partial charge is 0.306 e. The van der Waals surface area contributed by atoms with Crippen molar-refractivity contribution in [3.05, 3.63) is 48.6 Å². The molecular formula is C53H96O5. The topological polar surface area (TPSA) is 61.8 Å². The van der Waals surface area contributed by atoms with E-state index in [0.717, 1.165) is 70.6 Å². The predicted molar refractivity (Wildman–Crippen MR) is 251 cm³/mol. The minimum absolute atomic E-state index is 0.0740. The molecule has 0 fully saturated rings. The van der Waals surface area contributed by atoms with Crippen LogP contribution in [0.25, 0.3) is 0 Å². The molecule has 58 heavy (non-hydrogen) atoms. The fourth-order valence-electron chi connectivity index (χ4n) is 7.11. The molecule has 1 atom stereocenters. The second-order valence-electron chi connectivity index (χ2n) is 16.7. The monoisotopic (exact) mass is 813 g/mol. The highest BCUT2D eigenvalue weighted by Gasteiger charge is 2.17. The molecule has 0 heterocycles. The summed E-state index contributed by atoms with van der Waals surface area (Å²) >= 11 is 0. The first kappa shape index (κ1) is 55.9. The summed E-state index contributed by atoms with van der Waals surface area (Å²) in [7, 11) is 0. The number of allylic oxidation sites excluding steroid dienone is 8. The van der Waals surface area contributed by atoms with Gasteiger partial charge in [0.25, 0.3) is 0 Å². The molecule has 0 aliphatic carbocycles. The summed E-state index contributed by atoms with van der Waals surface area (Å²) in [5.41, 5.74) is 0. The Morgan fingerprint density at radius 3 is 1.28 bits per heavy atom. The fourth-order valence-corrected chi connectivity index (χ4v) is 7.11. The number of carbonyl (C=O) groups is 2. The van der Waals surface area contributed by atoms with Crippen molar-refractivity contribution in [2.45, 2.75) is 258 Å². The number of carbonyl (C=O) groups excluding carboxylic acids is 2. The number of hydrogen-bond acceptors (Lipinski definition) is 5. The largest absolute Gasteiger partial charge is 0.462 e. The summed E-state index contributed by atoms with van der Waals surface area (Å²) in [4.78, 5) is 25.3. The van der Waals surface area contributed by atoms with Crippen molar-refractivity contribution in [2.24, 2.45) is 0 Å². The van der Waals surface area contributed by atoms with Crippen molar-refractivity contribution in [1.29, 1.82) is 0 Å². The summed E-state index contributed by atoms with van der Waals surface area (Å²) < 4.78 is 17.3. The molecule has 0 amide bonds. The highest BCUT2D eigenvalue weighted by molar-refractivity contribution is 5.70. The Hall–Kier alpha value is -2.14. The average Bonchev–Trinajstić information content (AvgIpc) is 3.22. The van der Waals surface area contributed by atoms with E-state index in [1.54, 1.807) is 0 Å². The Balaban J connectivity index is 4.26. The molecule has 0 saturated heterocycles. The van der Waals surface area contributed by atoms with Crippen LogP contribution in [0.3, 0.4) is 0 Å². The molecule has 0 rings (SSSR count). The van der Waals surface area contributed by atoms with Crippen molar-refractivity contribution in [3.63, 3.8) is 0 Å². The molecule has 0 saturated carbocycles. The van der Waals surface area contributed by atoms with Crippen LogP contribution < -0.4 is 0 Å². The van der Waals surface area contributed by atoms with E-state index in [-0.39, 0.29) is 25.2 Å². The molecule has 0 aromatic heterocycles. The van der Waals surface area contributed by atoms with E-state index in [2.05, 4.69) is 69.4 Å². The molecule has 0 spiro atoms.